The van der Waals surface area contributed by atoms with Crippen LogP contribution in [0.2, 0.25) is 0 Å². The number of benzene rings is 1. The van der Waals surface area contributed by atoms with E-state index in [1.807, 2.05) is 4.68 Å². The first kappa shape index (κ1) is 15.2. The van der Waals surface area contributed by atoms with E-state index in [0.29, 0.717) is 0 Å². The number of hydrogen-bond acceptors (Lipinski definition) is 3. The minimum absolute atomic E-state index is 0.168. The summed E-state index contributed by atoms with van der Waals surface area (Å²) in [6, 6.07) is 6.10. The molecule has 0 aliphatic heterocycles. The molecule has 1 aromatic carbocycles. The van der Waals surface area contributed by atoms with Crippen molar-refractivity contribution in [3.8, 4) is 5.69 Å². The average molecular weight is 319 g/mol. The van der Waals surface area contributed by atoms with Gasteiger partial charge in [-0.2, -0.15) is 5.10 Å². The second-order valence-electron chi connectivity index (χ2n) is 6.06. The van der Waals surface area contributed by atoms with E-state index in [1.54, 1.807) is 6.20 Å². The largest absolute Gasteiger partial charge is 0.237 e. The van der Waals surface area contributed by atoms with Crippen LogP contribution in [-0.2, 0) is 16.4 Å². The summed E-state index contributed by atoms with van der Waals surface area (Å²) in [6.45, 7) is 4.17. The number of sulfonamides is 1. The molecule has 0 amide bonds. The number of aromatic nitrogens is 2. The Morgan fingerprint density at radius 1 is 1.27 bits per heavy atom. The van der Waals surface area contributed by atoms with Crippen molar-refractivity contribution >= 4 is 10.0 Å². The zero-order valence-corrected chi connectivity index (χ0v) is 13.9. The molecule has 22 heavy (non-hydrogen) atoms. The lowest BCUT2D eigenvalue weighted by Gasteiger charge is -2.23. The summed E-state index contributed by atoms with van der Waals surface area (Å²) >= 11 is 0. The van der Waals surface area contributed by atoms with Crippen LogP contribution in [0.1, 0.15) is 41.3 Å². The minimum atomic E-state index is -3.22. The van der Waals surface area contributed by atoms with Crippen molar-refractivity contribution in [1.82, 2.24) is 14.5 Å². The molecule has 1 aromatic heterocycles. The summed E-state index contributed by atoms with van der Waals surface area (Å²) in [5.74, 6) is 0. The Labute approximate surface area is 131 Å². The highest BCUT2D eigenvalue weighted by Crippen LogP contribution is 2.31. The van der Waals surface area contributed by atoms with Crippen molar-refractivity contribution in [3.05, 3.63) is 46.8 Å². The molecular formula is C16H21N3O2S. The lowest BCUT2D eigenvalue weighted by Crippen LogP contribution is -2.30. The Morgan fingerprint density at radius 2 is 2.05 bits per heavy atom. The molecule has 0 unspecified atom stereocenters. The van der Waals surface area contributed by atoms with Gasteiger partial charge in [0.25, 0.3) is 0 Å². The summed E-state index contributed by atoms with van der Waals surface area (Å²) in [4.78, 5) is 0. The maximum Gasteiger partial charge on any atom is 0.209 e. The van der Waals surface area contributed by atoms with Crippen molar-refractivity contribution in [3.63, 3.8) is 0 Å². The molecule has 6 heteroatoms. The van der Waals surface area contributed by atoms with Crippen LogP contribution in [0.3, 0.4) is 0 Å². The molecule has 1 aliphatic rings. The normalized spacial score (nSPS) is 18.2. The maximum absolute atomic E-state index is 11.5. The topological polar surface area (TPSA) is 64.0 Å². The van der Waals surface area contributed by atoms with Crippen LogP contribution in [0, 0.1) is 13.8 Å². The number of aryl methyl sites for hydroxylation is 2. The summed E-state index contributed by atoms with van der Waals surface area (Å²) in [6.07, 6.45) is 5.70. The third-order valence-electron chi connectivity index (χ3n) is 4.27. The Hall–Kier alpha value is -1.66. The third kappa shape index (κ3) is 2.94. The van der Waals surface area contributed by atoms with Gasteiger partial charge >= 0.3 is 0 Å². The minimum Gasteiger partial charge on any atom is -0.237 e. The van der Waals surface area contributed by atoms with E-state index in [1.165, 1.54) is 17.4 Å². The van der Waals surface area contributed by atoms with Gasteiger partial charge in [0.15, 0.2) is 0 Å². The number of rotatable bonds is 3. The fourth-order valence-electron chi connectivity index (χ4n) is 3.02. The SMILES string of the molecule is Cc1ccc(-n2ncc3c2CCC[C@@H]3NS(C)(=O)=O)cc1C. The number of hydrogen-bond donors (Lipinski definition) is 1. The standard InChI is InChI=1S/C16H21N3O2S/c1-11-7-8-13(9-12(11)2)19-16-6-4-5-15(14(16)10-17-19)18-22(3,20)21/h7-10,15,18H,4-6H2,1-3H3/t15-/m0/s1. The zero-order chi connectivity index (χ0) is 15.9. The highest BCUT2D eigenvalue weighted by Gasteiger charge is 2.26. The fraction of sp³-hybridized carbons (Fsp3) is 0.438. The molecule has 5 nitrogen and oxygen atoms in total. The molecule has 0 saturated heterocycles. The molecule has 1 N–H and O–H groups in total. The van der Waals surface area contributed by atoms with Crippen molar-refractivity contribution in [2.75, 3.05) is 6.26 Å². The zero-order valence-electron chi connectivity index (χ0n) is 13.1. The average Bonchev–Trinajstić information content (AvgIpc) is 2.85. The second kappa shape index (κ2) is 5.52. The van der Waals surface area contributed by atoms with Crippen molar-refractivity contribution in [2.45, 2.75) is 39.2 Å². The smallest absolute Gasteiger partial charge is 0.209 e. The molecule has 0 fully saturated rings. The van der Waals surface area contributed by atoms with E-state index in [-0.39, 0.29) is 6.04 Å². The van der Waals surface area contributed by atoms with Crippen molar-refractivity contribution in [1.29, 1.82) is 0 Å². The Bertz CT molecular complexity index is 809. The van der Waals surface area contributed by atoms with E-state index in [2.05, 4.69) is 41.9 Å². The Balaban J connectivity index is 2.01. The molecule has 0 bridgehead atoms. The summed E-state index contributed by atoms with van der Waals surface area (Å²) in [5.41, 5.74) is 5.61. The van der Waals surface area contributed by atoms with Crippen LogP contribution in [0.4, 0.5) is 0 Å². The predicted molar refractivity (Wildman–Crippen MR) is 86.7 cm³/mol. The molecule has 1 aliphatic carbocycles. The molecule has 0 saturated carbocycles. The van der Waals surface area contributed by atoms with Gasteiger partial charge in [-0.25, -0.2) is 17.8 Å². The monoisotopic (exact) mass is 319 g/mol. The maximum atomic E-state index is 11.5. The molecule has 1 heterocycles. The van der Waals surface area contributed by atoms with E-state index in [9.17, 15) is 8.42 Å². The summed E-state index contributed by atoms with van der Waals surface area (Å²) < 4.78 is 27.7. The second-order valence-corrected chi connectivity index (χ2v) is 7.84. The molecule has 2 aromatic rings. The first-order valence-corrected chi connectivity index (χ1v) is 9.36. The quantitative estimate of drug-likeness (QED) is 0.945. The molecule has 3 rings (SSSR count). The number of nitrogens with zero attached hydrogens (tertiary/aromatic N) is 2. The molecular weight excluding hydrogens is 298 g/mol. The van der Waals surface area contributed by atoms with Crippen molar-refractivity contribution < 1.29 is 8.42 Å². The van der Waals surface area contributed by atoms with Gasteiger partial charge in [0, 0.05) is 11.3 Å². The van der Waals surface area contributed by atoms with E-state index in [0.717, 1.165) is 36.2 Å². The van der Waals surface area contributed by atoms with Crippen LogP contribution in [0.25, 0.3) is 5.69 Å². The fourth-order valence-corrected chi connectivity index (χ4v) is 3.78. The van der Waals surface area contributed by atoms with Gasteiger partial charge in [0.1, 0.15) is 0 Å². The molecule has 0 spiro atoms. The molecule has 0 radical (unpaired) electrons. The van der Waals surface area contributed by atoms with Gasteiger partial charge in [-0.15, -0.1) is 0 Å². The van der Waals surface area contributed by atoms with Gasteiger partial charge in [-0.05, 0) is 56.4 Å². The number of nitrogens with one attached hydrogen (secondary N) is 1. The van der Waals surface area contributed by atoms with E-state index in [4.69, 9.17) is 0 Å². The van der Waals surface area contributed by atoms with Crippen LogP contribution < -0.4 is 4.72 Å². The Morgan fingerprint density at radius 3 is 2.73 bits per heavy atom. The lowest BCUT2D eigenvalue weighted by atomic mass is 9.93. The first-order chi connectivity index (χ1) is 10.3. The van der Waals surface area contributed by atoms with Gasteiger partial charge in [-0.3, -0.25) is 0 Å². The van der Waals surface area contributed by atoms with Crippen LogP contribution in [-0.4, -0.2) is 24.5 Å². The summed E-state index contributed by atoms with van der Waals surface area (Å²) in [7, 11) is -3.22. The molecule has 1 atom stereocenters. The molecule has 118 valence electrons. The van der Waals surface area contributed by atoms with Crippen molar-refractivity contribution in [2.24, 2.45) is 0 Å². The van der Waals surface area contributed by atoms with E-state index < -0.39 is 10.0 Å². The van der Waals surface area contributed by atoms with E-state index >= 15 is 0 Å². The number of fused-ring (bicyclic) bond motifs is 1. The van der Waals surface area contributed by atoms with Crippen LogP contribution in [0.15, 0.2) is 24.4 Å². The first-order valence-electron chi connectivity index (χ1n) is 7.47. The van der Waals surface area contributed by atoms with Gasteiger partial charge in [0.2, 0.25) is 10.0 Å². The van der Waals surface area contributed by atoms with Gasteiger partial charge in [-0.1, -0.05) is 6.07 Å². The predicted octanol–water partition coefficient (Wildman–Crippen LogP) is 2.42. The summed E-state index contributed by atoms with van der Waals surface area (Å²) in [5, 5.41) is 4.50. The third-order valence-corrected chi connectivity index (χ3v) is 4.99. The van der Waals surface area contributed by atoms with Crippen LogP contribution in [0.5, 0.6) is 0 Å². The van der Waals surface area contributed by atoms with Gasteiger partial charge in [0.05, 0.1) is 24.2 Å². The lowest BCUT2D eigenvalue weighted by molar-refractivity contribution is 0.505. The van der Waals surface area contributed by atoms with Crippen LogP contribution >= 0.6 is 0 Å². The highest BCUT2D eigenvalue weighted by molar-refractivity contribution is 7.88. The Kier molecular flexibility index (Phi) is 3.82. The highest BCUT2D eigenvalue weighted by atomic mass is 32.2. The van der Waals surface area contributed by atoms with Gasteiger partial charge < -0.3 is 0 Å².